The van der Waals surface area contributed by atoms with Crippen molar-refractivity contribution < 1.29 is 9.84 Å². The minimum atomic E-state index is -0.256. The van der Waals surface area contributed by atoms with Gasteiger partial charge < -0.3 is 9.84 Å². The molecule has 2 atom stereocenters. The summed E-state index contributed by atoms with van der Waals surface area (Å²) >= 11 is 5.08. The van der Waals surface area contributed by atoms with Crippen molar-refractivity contribution in [1.29, 1.82) is 0 Å². The summed E-state index contributed by atoms with van der Waals surface area (Å²) in [4.78, 5) is 1.22. The first-order valence-corrected chi connectivity index (χ1v) is 6.73. The molecule has 0 aliphatic rings. The first-order chi connectivity index (χ1) is 7.11. The van der Waals surface area contributed by atoms with Gasteiger partial charge in [-0.15, -0.1) is 11.3 Å². The lowest BCUT2D eigenvalue weighted by atomic mass is 10.1. The van der Waals surface area contributed by atoms with Gasteiger partial charge in [0.25, 0.3) is 0 Å². The maximum atomic E-state index is 9.79. The molecule has 4 heteroatoms. The zero-order chi connectivity index (χ0) is 11.3. The molecule has 2 unspecified atom stereocenters. The van der Waals surface area contributed by atoms with Crippen molar-refractivity contribution in [3.8, 4) is 0 Å². The Kier molecular flexibility index (Phi) is 5.82. The largest absolute Gasteiger partial charge is 0.393 e. The molecule has 0 aliphatic heterocycles. The smallest absolute Gasteiger partial charge is 0.0589 e. The number of halogens is 1. The third-order valence-corrected chi connectivity index (χ3v) is 4.09. The molecule has 2 nitrogen and oxygen atoms in total. The molecule has 15 heavy (non-hydrogen) atoms. The van der Waals surface area contributed by atoms with E-state index in [-0.39, 0.29) is 12.2 Å². The Morgan fingerprint density at radius 3 is 2.80 bits per heavy atom. The van der Waals surface area contributed by atoms with Crippen LogP contribution in [0.5, 0.6) is 0 Å². The summed E-state index contributed by atoms with van der Waals surface area (Å²) in [5, 5.41) is 11.8. The minimum absolute atomic E-state index is 0.231. The Morgan fingerprint density at radius 1 is 1.53 bits per heavy atom. The van der Waals surface area contributed by atoms with E-state index in [1.165, 1.54) is 4.88 Å². The average molecular weight is 293 g/mol. The second-order valence-corrected chi connectivity index (χ2v) is 5.62. The van der Waals surface area contributed by atoms with Gasteiger partial charge in [0, 0.05) is 28.3 Å². The van der Waals surface area contributed by atoms with Crippen LogP contribution < -0.4 is 0 Å². The fourth-order valence-electron chi connectivity index (χ4n) is 1.34. The Labute approximate surface area is 103 Å². The Bertz CT molecular complexity index is 288. The van der Waals surface area contributed by atoms with Crippen LogP contribution in [0.4, 0.5) is 0 Å². The van der Waals surface area contributed by atoms with Gasteiger partial charge >= 0.3 is 0 Å². The van der Waals surface area contributed by atoms with Gasteiger partial charge in [-0.25, -0.2) is 0 Å². The van der Waals surface area contributed by atoms with E-state index in [1.54, 1.807) is 18.4 Å². The molecule has 0 saturated carbocycles. The Balaban J connectivity index is 2.27. The van der Waals surface area contributed by atoms with Gasteiger partial charge in [0.1, 0.15) is 0 Å². The topological polar surface area (TPSA) is 29.5 Å². The monoisotopic (exact) mass is 292 g/mol. The fourth-order valence-corrected chi connectivity index (χ4v) is 2.86. The van der Waals surface area contributed by atoms with Gasteiger partial charge in [-0.05, 0) is 41.8 Å². The summed E-state index contributed by atoms with van der Waals surface area (Å²) in [6, 6.07) is 2.06. The number of rotatable bonds is 6. The molecule has 0 aromatic carbocycles. The Morgan fingerprint density at radius 2 is 2.27 bits per heavy atom. The van der Waals surface area contributed by atoms with Crippen LogP contribution >= 0.6 is 27.3 Å². The normalized spacial score (nSPS) is 15.2. The van der Waals surface area contributed by atoms with E-state index in [0.717, 1.165) is 23.7 Å². The number of thiophene rings is 1. The summed E-state index contributed by atoms with van der Waals surface area (Å²) in [5.74, 6) is 0. The van der Waals surface area contributed by atoms with E-state index >= 15 is 0 Å². The van der Waals surface area contributed by atoms with Gasteiger partial charge in [-0.1, -0.05) is 0 Å². The van der Waals surface area contributed by atoms with Crippen LogP contribution in [0.25, 0.3) is 0 Å². The van der Waals surface area contributed by atoms with Gasteiger partial charge in [0.05, 0.1) is 12.2 Å². The molecule has 0 amide bonds. The van der Waals surface area contributed by atoms with E-state index in [0.29, 0.717) is 0 Å². The number of hydrogen-bond donors (Lipinski definition) is 1. The van der Waals surface area contributed by atoms with Crippen molar-refractivity contribution in [2.24, 2.45) is 0 Å². The lowest BCUT2D eigenvalue weighted by Crippen LogP contribution is -2.14. The standard InChI is InChI=1S/C11H17BrO2S/c1-8(14-2)3-4-10(13)6-11-5-9(12)7-15-11/h5,7-8,10,13H,3-4,6H2,1-2H3. The predicted octanol–water partition coefficient (Wildman–Crippen LogP) is 3.23. The molecule has 0 aliphatic carbocycles. The van der Waals surface area contributed by atoms with Gasteiger partial charge in [0.2, 0.25) is 0 Å². The third kappa shape index (κ3) is 5.11. The van der Waals surface area contributed by atoms with Crippen molar-refractivity contribution in [3.05, 3.63) is 20.8 Å². The van der Waals surface area contributed by atoms with Crippen molar-refractivity contribution >= 4 is 27.3 Å². The quantitative estimate of drug-likeness (QED) is 0.872. The maximum Gasteiger partial charge on any atom is 0.0589 e. The van der Waals surface area contributed by atoms with Crippen LogP contribution in [0.3, 0.4) is 0 Å². The Hall–Kier alpha value is 0.1000. The average Bonchev–Trinajstić information content (AvgIpc) is 2.60. The van der Waals surface area contributed by atoms with Crippen LogP contribution in [0.2, 0.25) is 0 Å². The van der Waals surface area contributed by atoms with Gasteiger partial charge in [-0.2, -0.15) is 0 Å². The van der Waals surface area contributed by atoms with E-state index in [4.69, 9.17) is 4.74 Å². The van der Waals surface area contributed by atoms with Gasteiger partial charge in [-0.3, -0.25) is 0 Å². The molecule has 0 fully saturated rings. The van der Waals surface area contributed by atoms with Crippen molar-refractivity contribution in [3.63, 3.8) is 0 Å². The SMILES string of the molecule is COC(C)CCC(O)Cc1cc(Br)cs1. The van der Waals surface area contributed by atoms with Crippen molar-refractivity contribution in [1.82, 2.24) is 0 Å². The molecule has 0 bridgehead atoms. The lowest BCUT2D eigenvalue weighted by Gasteiger charge is -2.12. The summed E-state index contributed by atoms with van der Waals surface area (Å²) in [5.41, 5.74) is 0. The lowest BCUT2D eigenvalue weighted by molar-refractivity contribution is 0.0854. The highest BCUT2D eigenvalue weighted by molar-refractivity contribution is 9.10. The maximum absolute atomic E-state index is 9.79. The van der Waals surface area contributed by atoms with Crippen molar-refractivity contribution in [2.75, 3.05) is 7.11 Å². The molecule has 1 aromatic heterocycles. The highest BCUT2D eigenvalue weighted by Gasteiger charge is 2.09. The molecule has 1 N–H and O–H groups in total. The highest BCUT2D eigenvalue weighted by Crippen LogP contribution is 2.22. The molecule has 0 radical (unpaired) electrons. The van der Waals surface area contributed by atoms with Crippen LogP contribution in [-0.2, 0) is 11.2 Å². The molecule has 1 aromatic rings. The van der Waals surface area contributed by atoms with E-state index in [2.05, 4.69) is 22.0 Å². The minimum Gasteiger partial charge on any atom is -0.393 e. The summed E-state index contributed by atoms with van der Waals surface area (Å²) < 4.78 is 6.24. The molecule has 1 heterocycles. The first kappa shape index (κ1) is 13.2. The molecule has 0 saturated heterocycles. The summed E-state index contributed by atoms with van der Waals surface area (Å²) in [6.07, 6.45) is 2.42. The number of methoxy groups -OCH3 is 1. The first-order valence-electron chi connectivity index (χ1n) is 5.05. The van der Waals surface area contributed by atoms with Crippen LogP contribution in [0.1, 0.15) is 24.6 Å². The third-order valence-electron chi connectivity index (χ3n) is 2.37. The molecular formula is C11H17BrO2S. The van der Waals surface area contributed by atoms with Crippen LogP contribution in [-0.4, -0.2) is 24.4 Å². The van der Waals surface area contributed by atoms with E-state index in [9.17, 15) is 5.11 Å². The number of aliphatic hydroxyl groups is 1. The van der Waals surface area contributed by atoms with E-state index in [1.807, 2.05) is 12.3 Å². The second kappa shape index (κ2) is 6.63. The van der Waals surface area contributed by atoms with Crippen molar-refractivity contribution in [2.45, 2.75) is 38.4 Å². The number of ether oxygens (including phenoxy) is 1. The van der Waals surface area contributed by atoms with Gasteiger partial charge in [0.15, 0.2) is 0 Å². The molecule has 86 valence electrons. The summed E-state index contributed by atoms with van der Waals surface area (Å²) in [7, 11) is 1.70. The molecule has 1 rings (SSSR count). The predicted molar refractivity (Wildman–Crippen MR) is 67.4 cm³/mol. The molecular weight excluding hydrogens is 276 g/mol. The molecule has 0 spiro atoms. The highest BCUT2D eigenvalue weighted by atomic mass is 79.9. The zero-order valence-corrected chi connectivity index (χ0v) is 11.5. The fraction of sp³-hybridized carbons (Fsp3) is 0.636. The summed E-state index contributed by atoms with van der Waals surface area (Å²) in [6.45, 7) is 2.02. The van der Waals surface area contributed by atoms with Crippen LogP contribution in [0, 0.1) is 0 Å². The number of hydrogen-bond acceptors (Lipinski definition) is 3. The zero-order valence-electron chi connectivity index (χ0n) is 9.07. The number of aliphatic hydroxyl groups excluding tert-OH is 1. The van der Waals surface area contributed by atoms with Crippen LogP contribution in [0.15, 0.2) is 15.9 Å². The van der Waals surface area contributed by atoms with E-state index < -0.39 is 0 Å². The second-order valence-electron chi connectivity index (χ2n) is 3.71.